The van der Waals surface area contributed by atoms with Gasteiger partial charge < -0.3 is 14.4 Å². The number of nitro groups is 1. The molecular formula is C12H8N4O4. The lowest BCUT2D eigenvalue weighted by atomic mass is 10.3. The monoisotopic (exact) mass is 272 g/mol. The van der Waals surface area contributed by atoms with Crippen molar-refractivity contribution in [1.29, 1.82) is 0 Å². The second kappa shape index (κ2) is 4.50. The number of furan rings is 1. The molecule has 2 N–H and O–H groups in total. The van der Waals surface area contributed by atoms with Crippen LogP contribution in [0.5, 0.6) is 0 Å². The first-order valence-corrected chi connectivity index (χ1v) is 5.62. The minimum absolute atomic E-state index is 0.277. The largest absolute Gasteiger partial charge is 0.433 e. The number of rotatable bonds is 3. The van der Waals surface area contributed by atoms with Crippen LogP contribution >= 0.6 is 0 Å². The number of nitrogens with zero attached hydrogens (tertiary/aromatic N) is 2. The van der Waals surface area contributed by atoms with Crippen molar-refractivity contribution < 1.29 is 9.34 Å². The molecule has 0 aliphatic rings. The highest BCUT2D eigenvalue weighted by Crippen LogP contribution is 2.18. The molecule has 3 aromatic rings. The highest BCUT2D eigenvalue weighted by molar-refractivity contribution is 5.82. The van der Waals surface area contributed by atoms with Crippen molar-refractivity contribution >= 4 is 28.8 Å². The minimum Gasteiger partial charge on any atom is -0.400 e. The Labute approximate surface area is 110 Å². The lowest BCUT2D eigenvalue weighted by Gasteiger charge is -1.92. The summed E-state index contributed by atoms with van der Waals surface area (Å²) < 4.78 is 4.95. The van der Waals surface area contributed by atoms with E-state index in [1.807, 2.05) is 0 Å². The van der Waals surface area contributed by atoms with Crippen molar-refractivity contribution in [2.75, 3.05) is 0 Å². The maximum absolute atomic E-state index is 11.1. The van der Waals surface area contributed by atoms with Crippen molar-refractivity contribution in [2.45, 2.75) is 0 Å². The molecule has 2 aromatic heterocycles. The van der Waals surface area contributed by atoms with Crippen molar-refractivity contribution in [3.8, 4) is 0 Å². The van der Waals surface area contributed by atoms with Gasteiger partial charge in [-0.3, -0.25) is 15.1 Å². The van der Waals surface area contributed by atoms with E-state index >= 15 is 0 Å². The quantitative estimate of drug-likeness (QED) is 0.431. The predicted molar refractivity (Wildman–Crippen MR) is 71.5 cm³/mol. The molecule has 0 unspecified atom stereocenters. The molecule has 2 heterocycles. The first-order chi connectivity index (χ1) is 9.61. The zero-order valence-corrected chi connectivity index (χ0v) is 9.99. The Hall–Kier alpha value is -3.16. The smallest absolute Gasteiger partial charge is 0.400 e. The maximum Gasteiger partial charge on any atom is 0.433 e. The molecule has 0 aliphatic heterocycles. The fourth-order valence-electron chi connectivity index (χ4n) is 1.75. The highest BCUT2D eigenvalue weighted by Gasteiger charge is 2.10. The van der Waals surface area contributed by atoms with Crippen LogP contribution in [0.4, 0.5) is 11.6 Å². The van der Waals surface area contributed by atoms with Crippen LogP contribution in [-0.2, 0) is 0 Å². The van der Waals surface area contributed by atoms with Crippen LogP contribution in [-0.4, -0.2) is 21.1 Å². The van der Waals surface area contributed by atoms with Gasteiger partial charge in [-0.15, -0.1) is 0 Å². The number of hydrogen-bond acceptors (Lipinski definition) is 5. The van der Waals surface area contributed by atoms with Gasteiger partial charge in [-0.25, -0.2) is 4.79 Å². The molecule has 0 saturated heterocycles. The standard InChI is InChI=1S/C12H8N4O4/c17-12-14-9-3-1-7(5-10(9)15-12)13-6-8-2-4-11(20-8)16(18)19/h1-6H,(H2,14,15,17). The van der Waals surface area contributed by atoms with Gasteiger partial charge in [0.15, 0.2) is 5.76 Å². The van der Waals surface area contributed by atoms with Crippen LogP contribution < -0.4 is 5.69 Å². The predicted octanol–water partition coefficient (Wildman–Crippen LogP) is 2.11. The van der Waals surface area contributed by atoms with E-state index in [-0.39, 0.29) is 17.3 Å². The molecule has 0 saturated carbocycles. The zero-order chi connectivity index (χ0) is 14.1. The van der Waals surface area contributed by atoms with E-state index in [1.165, 1.54) is 18.3 Å². The lowest BCUT2D eigenvalue weighted by Crippen LogP contribution is -1.99. The highest BCUT2D eigenvalue weighted by atomic mass is 16.6. The molecule has 100 valence electrons. The topological polar surface area (TPSA) is 117 Å². The van der Waals surface area contributed by atoms with Crippen molar-refractivity contribution in [3.05, 3.63) is 56.7 Å². The van der Waals surface area contributed by atoms with E-state index in [4.69, 9.17) is 4.42 Å². The van der Waals surface area contributed by atoms with Crippen LogP contribution in [0, 0.1) is 10.1 Å². The molecule has 0 aliphatic carbocycles. The van der Waals surface area contributed by atoms with Gasteiger partial charge in [-0.1, -0.05) is 0 Å². The number of aliphatic imine (C=N–C) groups is 1. The van der Waals surface area contributed by atoms with E-state index in [2.05, 4.69) is 15.0 Å². The third kappa shape index (κ3) is 2.21. The molecule has 3 rings (SSSR count). The molecule has 20 heavy (non-hydrogen) atoms. The van der Waals surface area contributed by atoms with Crippen LogP contribution in [0.25, 0.3) is 11.0 Å². The number of aromatic amines is 2. The van der Waals surface area contributed by atoms with Crippen LogP contribution in [0.3, 0.4) is 0 Å². The number of benzene rings is 1. The van der Waals surface area contributed by atoms with E-state index < -0.39 is 4.92 Å². The summed E-state index contributed by atoms with van der Waals surface area (Å²) in [5, 5.41) is 10.5. The molecule has 0 radical (unpaired) electrons. The van der Waals surface area contributed by atoms with Gasteiger partial charge in [0.05, 0.1) is 29.0 Å². The van der Waals surface area contributed by atoms with Crippen molar-refractivity contribution in [1.82, 2.24) is 9.97 Å². The average molecular weight is 272 g/mol. The van der Waals surface area contributed by atoms with Crippen molar-refractivity contribution in [3.63, 3.8) is 0 Å². The van der Waals surface area contributed by atoms with Crippen LogP contribution in [0.15, 0.2) is 44.5 Å². The normalized spacial score (nSPS) is 11.4. The van der Waals surface area contributed by atoms with Crippen molar-refractivity contribution in [2.24, 2.45) is 4.99 Å². The molecule has 0 fully saturated rings. The number of fused-ring (bicyclic) bond motifs is 1. The Bertz CT molecular complexity index is 871. The number of aromatic nitrogens is 2. The number of H-pyrrole nitrogens is 2. The summed E-state index contributed by atoms with van der Waals surface area (Å²) in [7, 11) is 0. The van der Waals surface area contributed by atoms with E-state index in [9.17, 15) is 14.9 Å². The molecule has 0 bridgehead atoms. The Morgan fingerprint density at radius 2 is 2.00 bits per heavy atom. The molecule has 0 amide bonds. The SMILES string of the molecule is O=c1[nH]c2ccc(N=Cc3ccc([N+](=O)[O-])o3)cc2[nH]1. The summed E-state index contributed by atoms with van der Waals surface area (Å²) in [6.07, 6.45) is 1.37. The third-order valence-corrected chi connectivity index (χ3v) is 2.63. The van der Waals surface area contributed by atoms with Gasteiger partial charge in [0.25, 0.3) is 0 Å². The number of hydrogen-bond donors (Lipinski definition) is 2. The summed E-state index contributed by atoms with van der Waals surface area (Å²) in [4.78, 5) is 30.3. The number of nitrogens with one attached hydrogen (secondary N) is 2. The lowest BCUT2D eigenvalue weighted by molar-refractivity contribution is -0.402. The zero-order valence-electron chi connectivity index (χ0n) is 9.99. The van der Waals surface area contributed by atoms with E-state index in [0.717, 1.165) is 0 Å². The van der Waals surface area contributed by atoms with Crippen LogP contribution in [0.2, 0.25) is 0 Å². The van der Waals surface area contributed by atoms with E-state index in [1.54, 1.807) is 18.2 Å². The fraction of sp³-hybridized carbons (Fsp3) is 0. The summed E-state index contributed by atoms with van der Waals surface area (Å²) in [6.45, 7) is 0. The molecule has 1 aromatic carbocycles. The second-order valence-corrected chi connectivity index (χ2v) is 4.00. The minimum atomic E-state index is -0.617. The summed E-state index contributed by atoms with van der Waals surface area (Å²) in [5.41, 5.74) is 1.62. The van der Waals surface area contributed by atoms with E-state index in [0.29, 0.717) is 16.7 Å². The summed E-state index contributed by atoms with van der Waals surface area (Å²) >= 11 is 0. The Balaban J connectivity index is 1.89. The summed E-state index contributed by atoms with van der Waals surface area (Å²) in [6, 6.07) is 7.82. The average Bonchev–Trinajstić information content (AvgIpc) is 3.00. The van der Waals surface area contributed by atoms with Crippen LogP contribution in [0.1, 0.15) is 5.76 Å². The summed E-state index contributed by atoms with van der Waals surface area (Å²) in [5.74, 6) is -0.0591. The molecule has 8 heteroatoms. The van der Waals surface area contributed by atoms with Gasteiger partial charge in [0.2, 0.25) is 0 Å². The first kappa shape index (κ1) is 11.9. The molecule has 8 nitrogen and oxygen atoms in total. The van der Waals surface area contributed by atoms with Gasteiger partial charge in [-0.2, -0.15) is 0 Å². The Kier molecular flexibility index (Phi) is 2.68. The maximum atomic E-state index is 11.1. The molecule has 0 spiro atoms. The fourth-order valence-corrected chi connectivity index (χ4v) is 1.75. The molecular weight excluding hydrogens is 264 g/mol. The second-order valence-electron chi connectivity index (χ2n) is 4.00. The van der Waals surface area contributed by atoms with Gasteiger partial charge in [0, 0.05) is 0 Å². The first-order valence-electron chi connectivity index (χ1n) is 5.62. The molecule has 0 atom stereocenters. The Morgan fingerprint density at radius 1 is 1.20 bits per heavy atom. The third-order valence-electron chi connectivity index (χ3n) is 2.63. The van der Waals surface area contributed by atoms with Gasteiger partial charge in [0.1, 0.15) is 4.92 Å². The van der Waals surface area contributed by atoms with Gasteiger partial charge >= 0.3 is 11.6 Å². The van der Waals surface area contributed by atoms with Gasteiger partial charge in [-0.05, 0) is 24.3 Å². The Morgan fingerprint density at radius 3 is 2.75 bits per heavy atom. The number of imidazole rings is 1.